The average Bonchev–Trinajstić information content (AvgIpc) is 3.53. The molecule has 2 fully saturated rings. The second kappa shape index (κ2) is 11.5. The number of ether oxygens (including phenoxy) is 1. The largest absolute Gasteiger partial charge is 0.376 e. The van der Waals surface area contributed by atoms with Crippen LogP contribution in [0.4, 0.5) is 0 Å². The Morgan fingerprint density at radius 3 is 2.65 bits per heavy atom. The first-order chi connectivity index (χ1) is 16.4. The summed E-state index contributed by atoms with van der Waals surface area (Å²) in [6.45, 7) is 7.74. The van der Waals surface area contributed by atoms with Gasteiger partial charge in [-0.25, -0.2) is 0 Å². The van der Waals surface area contributed by atoms with Crippen molar-refractivity contribution in [1.29, 1.82) is 0 Å². The fraction of sp³-hybridized carbons (Fsp3) is 0.542. The highest BCUT2D eigenvalue weighted by Crippen LogP contribution is 2.31. The first-order valence-corrected chi connectivity index (χ1v) is 12.5. The van der Waals surface area contributed by atoms with E-state index in [0.29, 0.717) is 41.1 Å². The van der Waals surface area contributed by atoms with E-state index in [-0.39, 0.29) is 30.0 Å². The van der Waals surface area contributed by atoms with Gasteiger partial charge < -0.3 is 24.0 Å². The molecular formula is C24H30Cl2N4O4. The Morgan fingerprint density at radius 1 is 1.18 bits per heavy atom. The van der Waals surface area contributed by atoms with Crippen molar-refractivity contribution in [3.05, 3.63) is 40.0 Å². The minimum absolute atomic E-state index is 0.0377. The fourth-order valence-electron chi connectivity index (χ4n) is 4.37. The van der Waals surface area contributed by atoms with Crippen LogP contribution in [0.5, 0.6) is 0 Å². The number of hydrogen-bond donors (Lipinski definition) is 0. The maximum atomic E-state index is 13.3. The summed E-state index contributed by atoms with van der Waals surface area (Å²) in [5.41, 5.74) is 0.771. The van der Waals surface area contributed by atoms with E-state index in [1.807, 2.05) is 4.90 Å². The molecule has 1 unspecified atom stereocenters. The standard InChI is InChI=1S/C24H30Cl2N4O4/c1-2-28-9-11-29(12-10-28)23(31)7-8-30(16-18-4-3-13-33-18)24(32)21-15-22(34-27-21)19-6-5-17(25)14-20(19)26/h5-6,14-15,18H,2-4,7-13,16H2,1H3. The Kier molecular flexibility index (Phi) is 8.47. The summed E-state index contributed by atoms with van der Waals surface area (Å²) in [5, 5.41) is 4.90. The van der Waals surface area contributed by atoms with Crippen molar-refractivity contribution in [1.82, 2.24) is 19.9 Å². The second-order valence-corrected chi connectivity index (χ2v) is 9.50. The van der Waals surface area contributed by atoms with Gasteiger partial charge in [0.15, 0.2) is 11.5 Å². The summed E-state index contributed by atoms with van der Waals surface area (Å²) in [7, 11) is 0. The summed E-state index contributed by atoms with van der Waals surface area (Å²) in [4.78, 5) is 32.0. The molecule has 0 aliphatic carbocycles. The summed E-state index contributed by atoms with van der Waals surface area (Å²) in [6, 6.07) is 6.60. The smallest absolute Gasteiger partial charge is 0.276 e. The van der Waals surface area contributed by atoms with Crippen LogP contribution in [-0.2, 0) is 9.53 Å². The van der Waals surface area contributed by atoms with E-state index in [4.69, 9.17) is 32.5 Å². The lowest BCUT2D eigenvalue weighted by atomic mass is 10.1. The van der Waals surface area contributed by atoms with Crippen LogP contribution in [0.2, 0.25) is 10.0 Å². The van der Waals surface area contributed by atoms with Crippen molar-refractivity contribution in [2.24, 2.45) is 0 Å². The number of aromatic nitrogens is 1. The Balaban J connectivity index is 1.43. The van der Waals surface area contributed by atoms with Crippen LogP contribution in [0.15, 0.2) is 28.8 Å². The van der Waals surface area contributed by atoms with Gasteiger partial charge in [-0.2, -0.15) is 0 Å². The molecule has 2 amide bonds. The highest BCUT2D eigenvalue weighted by atomic mass is 35.5. The Labute approximate surface area is 209 Å². The summed E-state index contributed by atoms with van der Waals surface area (Å²) >= 11 is 12.3. The first-order valence-electron chi connectivity index (χ1n) is 11.8. The molecule has 0 radical (unpaired) electrons. The monoisotopic (exact) mass is 508 g/mol. The number of rotatable bonds is 8. The molecule has 1 aromatic carbocycles. The van der Waals surface area contributed by atoms with Gasteiger partial charge in [0.1, 0.15) is 0 Å². The van der Waals surface area contributed by atoms with Crippen LogP contribution in [-0.4, -0.2) is 90.2 Å². The SMILES string of the molecule is CCN1CCN(C(=O)CCN(CC2CCCO2)C(=O)c2cc(-c3ccc(Cl)cc3Cl)on2)CC1. The number of benzene rings is 1. The summed E-state index contributed by atoms with van der Waals surface area (Å²) in [6.07, 6.45) is 2.08. The van der Waals surface area contributed by atoms with Crippen LogP contribution in [0.1, 0.15) is 36.7 Å². The lowest BCUT2D eigenvalue weighted by Crippen LogP contribution is -2.49. The number of amides is 2. The van der Waals surface area contributed by atoms with Crippen LogP contribution in [0.25, 0.3) is 11.3 Å². The highest BCUT2D eigenvalue weighted by molar-refractivity contribution is 6.36. The average molecular weight is 509 g/mol. The van der Waals surface area contributed by atoms with E-state index in [2.05, 4.69) is 17.0 Å². The van der Waals surface area contributed by atoms with E-state index < -0.39 is 0 Å². The Morgan fingerprint density at radius 2 is 1.97 bits per heavy atom. The zero-order chi connectivity index (χ0) is 24.1. The summed E-state index contributed by atoms with van der Waals surface area (Å²) < 4.78 is 11.2. The van der Waals surface area contributed by atoms with Crippen LogP contribution < -0.4 is 0 Å². The molecule has 0 spiro atoms. The maximum absolute atomic E-state index is 13.3. The van der Waals surface area contributed by atoms with Gasteiger partial charge >= 0.3 is 0 Å². The molecule has 10 heteroatoms. The molecule has 0 N–H and O–H groups in total. The maximum Gasteiger partial charge on any atom is 0.276 e. The molecular weight excluding hydrogens is 479 g/mol. The van der Waals surface area contributed by atoms with Crippen molar-refractivity contribution >= 4 is 35.0 Å². The number of halogens is 2. The van der Waals surface area contributed by atoms with Crippen LogP contribution in [0, 0.1) is 0 Å². The third-order valence-electron chi connectivity index (χ3n) is 6.43. The number of carbonyl (C=O) groups excluding carboxylic acids is 2. The zero-order valence-electron chi connectivity index (χ0n) is 19.3. The molecule has 2 aliphatic heterocycles. The van der Waals surface area contributed by atoms with Crippen LogP contribution in [0.3, 0.4) is 0 Å². The first kappa shape index (κ1) is 25.0. The molecule has 2 aromatic rings. The Hall–Kier alpha value is -2.13. The quantitative estimate of drug-likeness (QED) is 0.539. The predicted molar refractivity (Wildman–Crippen MR) is 130 cm³/mol. The molecule has 2 aliphatic rings. The number of carbonyl (C=O) groups is 2. The third kappa shape index (κ3) is 6.10. The molecule has 0 bridgehead atoms. The van der Waals surface area contributed by atoms with Crippen molar-refractivity contribution in [2.45, 2.75) is 32.3 Å². The normalized spacial score (nSPS) is 18.9. The molecule has 1 atom stereocenters. The minimum atomic E-state index is -0.292. The van der Waals surface area contributed by atoms with E-state index >= 15 is 0 Å². The van der Waals surface area contributed by atoms with Gasteiger partial charge in [0.2, 0.25) is 5.91 Å². The molecule has 3 heterocycles. The predicted octanol–water partition coefficient (Wildman–Crippen LogP) is 3.82. The minimum Gasteiger partial charge on any atom is -0.376 e. The molecule has 8 nitrogen and oxygen atoms in total. The van der Waals surface area contributed by atoms with Crippen LogP contribution >= 0.6 is 23.2 Å². The molecule has 184 valence electrons. The van der Waals surface area contributed by atoms with Gasteiger partial charge in [0, 0.05) is 68.9 Å². The molecule has 34 heavy (non-hydrogen) atoms. The molecule has 0 saturated carbocycles. The zero-order valence-corrected chi connectivity index (χ0v) is 20.9. The topological polar surface area (TPSA) is 79.1 Å². The molecule has 1 aromatic heterocycles. The second-order valence-electron chi connectivity index (χ2n) is 8.65. The number of nitrogens with zero attached hydrogens (tertiary/aromatic N) is 4. The third-order valence-corrected chi connectivity index (χ3v) is 6.98. The van der Waals surface area contributed by atoms with E-state index in [1.165, 1.54) is 0 Å². The van der Waals surface area contributed by atoms with E-state index in [0.717, 1.165) is 45.6 Å². The number of hydrogen-bond acceptors (Lipinski definition) is 6. The van der Waals surface area contributed by atoms with Gasteiger partial charge in [0.05, 0.1) is 11.1 Å². The van der Waals surface area contributed by atoms with Gasteiger partial charge in [-0.05, 0) is 37.6 Å². The van der Waals surface area contributed by atoms with E-state index in [9.17, 15) is 9.59 Å². The fourth-order valence-corrected chi connectivity index (χ4v) is 4.87. The van der Waals surface area contributed by atoms with E-state index in [1.54, 1.807) is 29.2 Å². The van der Waals surface area contributed by atoms with Gasteiger partial charge in [-0.15, -0.1) is 0 Å². The lowest BCUT2D eigenvalue weighted by Gasteiger charge is -2.34. The number of piperazine rings is 1. The van der Waals surface area contributed by atoms with Crippen molar-refractivity contribution in [3.63, 3.8) is 0 Å². The van der Waals surface area contributed by atoms with Crippen molar-refractivity contribution < 1.29 is 18.8 Å². The Bertz CT molecular complexity index is 1000. The lowest BCUT2D eigenvalue weighted by molar-refractivity contribution is -0.133. The van der Waals surface area contributed by atoms with Crippen molar-refractivity contribution in [3.8, 4) is 11.3 Å². The van der Waals surface area contributed by atoms with Gasteiger partial charge in [0.25, 0.3) is 5.91 Å². The van der Waals surface area contributed by atoms with Gasteiger partial charge in [-0.1, -0.05) is 35.3 Å². The molecule has 2 saturated heterocycles. The highest BCUT2D eigenvalue weighted by Gasteiger charge is 2.28. The summed E-state index contributed by atoms with van der Waals surface area (Å²) in [5.74, 6) is 0.154. The van der Waals surface area contributed by atoms with Gasteiger partial charge in [-0.3, -0.25) is 9.59 Å². The van der Waals surface area contributed by atoms with Crippen molar-refractivity contribution in [2.75, 3.05) is 52.4 Å². The number of likely N-dealkylation sites (N-methyl/N-ethyl adjacent to an activating group) is 1. The molecule has 4 rings (SSSR count).